The first-order chi connectivity index (χ1) is 9.80. The highest BCUT2D eigenvalue weighted by Crippen LogP contribution is 2.31. The van der Waals surface area contributed by atoms with Crippen molar-refractivity contribution in [2.24, 2.45) is 0 Å². The number of fused-ring (bicyclic) bond motifs is 1. The lowest BCUT2D eigenvalue weighted by Crippen LogP contribution is -2.29. The summed E-state index contributed by atoms with van der Waals surface area (Å²) < 4.78 is 5.54. The molecule has 0 aliphatic carbocycles. The Morgan fingerprint density at radius 3 is 3.00 bits per heavy atom. The van der Waals surface area contributed by atoms with E-state index in [2.05, 4.69) is 29.7 Å². The molecule has 1 heterocycles. The Bertz CT molecular complexity index is 435. The molecule has 4 nitrogen and oxygen atoms in total. The zero-order valence-corrected chi connectivity index (χ0v) is 12.5. The van der Waals surface area contributed by atoms with E-state index >= 15 is 0 Å². The fourth-order valence-corrected chi connectivity index (χ4v) is 2.84. The van der Waals surface area contributed by atoms with E-state index < -0.39 is 0 Å². The molecule has 0 saturated heterocycles. The first-order valence-corrected chi connectivity index (χ1v) is 7.54. The van der Waals surface area contributed by atoms with Gasteiger partial charge in [0.05, 0.1) is 7.11 Å². The van der Waals surface area contributed by atoms with Crippen LogP contribution in [-0.4, -0.2) is 31.9 Å². The molecule has 0 aromatic heterocycles. The summed E-state index contributed by atoms with van der Waals surface area (Å²) in [5.74, 6) is 0.961. The molecule has 4 heteroatoms. The average molecular weight is 278 g/mol. The van der Waals surface area contributed by atoms with Gasteiger partial charge < -0.3 is 20.5 Å². The minimum atomic E-state index is 0.234. The SMILES string of the molecule is CCC1NCCc2cc(CNCCCO)c(OC)cc21. The lowest BCUT2D eigenvalue weighted by atomic mass is 9.90. The number of hydrogen-bond donors (Lipinski definition) is 3. The molecular weight excluding hydrogens is 252 g/mol. The maximum absolute atomic E-state index is 8.81. The second-order valence-electron chi connectivity index (χ2n) is 5.28. The third kappa shape index (κ3) is 3.51. The first kappa shape index (κ1) is 15.3. The van der Waals surface area contributed by atoms with Gasteiger partial charge in [-0.15, -0.1) is 0 Å². The van der Waals surface area contributed by atoms with E-state index in [1.54, 1.807) is 7.11 Å². The topological polar surface area (TPSA) is 53.5 Å². The number of aliphatic hydroxyl groups is 1. The summed E-state index contributed by atoms with van der Waals surface area (Å²) in [5.41, 5.74) is 4.03. The van der Waals surface area contributed by atoms with Gasteiger partial charge in [-0.05, 0) is 49.5 Å². The molecule has 1 atom stereocenters. The van der Waals surface area contributed by atoms with Crippen LogP contribution in [0.25, 0.3) is 0 Å². The van der Waals surface area contributed by atoms with E-state index in [-0.39, 0.29) is 6.61 Å². The van der Waals surface area contributed by atoms with Crippen molar-refractivity contribution in [3.05, 3.63) is 28.8 Å². The van der Waals surface area contributed by atoms with Crippen LogP contribution < -0.4 is 15.4 Å². The van der Waals surface area contributed by atoms with Crippen molar-refractivity contribution < 1.29 is 9.84 Å². The number of nitrogens with one attached hydrogen (secondary N) is 2. The maximum Gasteiger partial charge on any atom is 0.123 e. The predicted octanol–water partition coefficient (Wildman–Crippen LogP) is 1.76. The van der Waals surface area contributed by atoms with E-state index in [0.29, 0.717) is 6.04 Å². The molecule has 3 N–H and O–H groups in total. The quantitative estimate of drug-likeness (QED) is 0.665. The van der Waals surface area contributed by atoms with Gasteiger partial charge in [0.1, 0.15) is 5.75 Å². The summed E-state index contributed by atoms with van der Waals surface area (Å²) >= 11 is 0. The highest BCUT2D eigenvalue weighted by molar-refractivity contribution is 5.45. The monoisotopic (exact) mass is 278 g/mol. The molecule has 1 aliphatic heterocycles. The normalized spacial score (nSPS) is 17.9. The zero-order valence-electron chi connectivity index (χ0n) is 12.5. The molecule has 1 aromatic rings. The van der Waals surface area contributed by atoms with Gasteiger partial charge in [-0.2, -0.15) is 0 Å². The van der Waals surface area contributed by atoms with Crippen LogP contribution in [0.5, 0.6) is 5.75 Å². The second-order valence-corrected chi connectivity index (χ2v) is 5.28. The lowest BCUT2D eigenvalue weighted by Gasteiger charge is -2.27. The molecule has 0 fully saturated rings. The van der Waals surface area contributed by atoms with Crippen molar-refractivity contribution in [2.75, 3.05) is 26.8 Å². The molecule has 1 unspecified atom stereocenters. The van der Waals surface area contributed by atoms with Crippen LogP contribution >= 0.6 is 0 Å². The summed E-state index contributed by atoms with van der Waals surface area (Å²) in [4.78, 5) is 0. The molecule has 0 radical (unpaired) electrons. The van der Waals surface area contributed by atoms with E-state index in [4.69, 9.17) is 9.84 Å². The number of rotatable bonds is 7. The fraction of sp³-hybridized carbons (Fsp3) is 0.625. The molecule has 0 saturated carbocycles. The number of hydrogen-bond acceptors (Lipinski definition) is 4. The molecule has 0 spiro atoms. The molecule has 0 amide bonds. The Balaban J connectivity index is 2.16. The third-order valence-electron chi connectivity index (χ3n) is 3.94. The van der Waals surface area contributed by atoms with Crippen LogP contribution in [0.4, 0.5) is 0 Å². The molecule has 0 bridgehead atoms. The second kappa shape index (κ2) is 7.62. The van der Waals surface area contributed by atoms with Gasteiger partial charge >= 0.3 is 0 Å². The zero-order chi connectivity index (χ0) is 14.4. The summed E-state index contributed by atoms with van der Waals surface area (Å²) in [5, 5.41) is 15.7. The van der Waals surface area contributed by atoms with Gasteiger partial charge in [-0.25, -0.2) is 0 Å². The third-order valence-corrected chi connectivity index (χ3v) is 3.94. The van der Waals surface area contributed by atoms with Gasteiger partial charge in [-0.1, -0.05) is 13.0 Å². The standard InChI is InChI=1S/C16H26N2O2/c1-3-15-14-10-16(20-2)13(11-17-6-4-8-19)9-12(14)5-7-18-15/h9-10,15,17-19H,3-8,11H2,1-2H3. The number of aliphatic hydroxyl groups excluding tert-OH is 1. The van der Waals surface area contributed by atoms with Crippen molar-refractivity contribution in [2.45, 2.75) is 38.8 Å². The van der Waals surface area contributed by atoms with Gasteiger partial charge in [0.15, 0.2) is 0 Å². The fourth-order valence-electron chi connectivity index (χ4n) is 2.84. The first-order valence-electron chi connectivity index (χ1n) is 7.54. The van der Waals surface area contributed by atoms with Crippen molar-refractivity contribution in [3.63, 3.8) is 0 Å². The molecule has 1 aliphatic rings. The molecule has 20 heavy (non-hydrogen) atoms. The summed E-state index contributed by atoms with van der Waals surface area (Å²) in [6.45, 7) is 5.12. The van der Waals surface area contributed by atoms with Crippen molar-refractivity contribution in [1.29, 1.82) is 0 Å². The molecule has 2 rings (SSSR count). The minimum Gasteiger partial charge on any atom is -0.496 e. The predicted molar refractivity (Wildman–Crippen MR) is 81.1 cm³/mol. The largest absolute Gasteiger partial charge is 0.496 e. The van der Waals surface area contributed by atoms with Gasteiger partial charge in [0.25, 0.3) is 0 Å². The summed E-state index contributed by atoms with van der Waals surface area (Å²) in [7, 11) is 1.73. The van der Waals surface area contributed by atoms with Gasteiger partial charge in [0.2, 0.25) is 0 Å². The van der Waals surface area contributed by atoms with Gasteiger partial charge in [0, 0.05) is 24.8 Å². The van der Waals surface area contributed by atoms with Crippen LogP contribution in [0.1, 0.15) is 42.5 Å². The highest BCUT2D eigenvalue weighted by Gasteiger charge is 2.20. The Labute approximate surface area is 121 Å². The summed E-state index contributed by atoms with van der Waals surface area (Å²) in [6.07, 6.45) is 2.97. The Kier molecular flexibility index (Phi) is 5.83. The van der Waals surface area contributed by atoms with Crippen LogP contribution in [-0.2, 0) is 13.0 Å². The van der Waals surface area contributed by atoms with Crippen LogP contribution in [0.3, 0.4) is 0 Å². The van der Waals surface area contributed by atoms with E-state index in [1.165, 1.54) is 16.7 Å². The number of ether oxygens (including phenoxy) is 1. The van der Waals surface area contributed by atoms with Crippen molar-refractivity contribution >= 4 is 0 Å². The number of benzene rings is 1. The number of methoxy groups -OCH3 is 1. The smallest absolute Gasteiger partial charge is 0.123 e. The van der Waals surface area contributed by atoms with Gasteiger partial charge in [-0.3, -0.25) is 0 Å². The molecular formula is C16H26N2O2. The molecule has 112 valence electrons. The Morgan fingerprint density at radius 2 is 2.30 bits per heavy atom. The van der Waals surface area contributed by atoms with Crippen LogP contribution in [0, 0.1) is 0 Å². The van der Waals surface area contributed by atoms with Crippen LogP contribution in [0.15, 0.2) is 12.1 Å². The highest BCUT2D eigenvalue weighted by atomic mass is 16.5. The minimum absolute atomic E-state index is 0.234. The Hall–Kier alpha value is -1.10. The average Bonchev–Trinajstić information content (AvgIpc) is 2.50. The van der Waals surface area contributed by atoms with Crippen molar-refractivity contribution in [3.8, 4) is 5.75 Å². The van der Waals surface area contributed by atoms with Crippen LogP contribution in [0.2, 0.25) is 0 Å². The van der Waals surface area contributed by atoms with E-state index in [1.807, 2.05) is 0 Å². The summed E-state index contributed by atoms with van der Waals surface area (Å²) in [6, 6.07) is 4.92. The van der Waals surface area contributed by atoms with Crippen molar-refractivity contribution in [1.82, 2.24) is 10.6 Å². The lowest BCUT2D eigenvalue weighted by molar-refractivity contribution is 0.286. The van der Waals surface area contributed by atoms with E-state index in [0.717, 1.165) is 44.6 Å². The molecule has 1 aromatic carbocycles. The van der Waals surface area contributed by atoms with E-state index in [9.17, 15) is 0 Å². The Morgan fingerprint density at radius 1 is 1.45 bits per heavy atom. The maximum atomic E-state index is 8.81.